The van der Waals surface area contributed by atoms with Crippen LogP contribution in [0, 0.1) is 5.82 Å². The van der Waals surface area contributed by atoms with Gasteiger partial charge in [-0.3, -0.25) is 0 Å². The summed E-state index contributed by atoms with van der Waals surface area (Å²) in [7, 11) is 0. The summed E-state index contributed by atoms with van der Waals surface area (Å²) in [5.41, 5.74) is 0.806. The molecule has 0 heterocycles. The Morgan fingerprint density at radius 1 is 1.26 bits per heavy atom. The van der Waals surface area contributed by atoms with E-state index in [1.807, 2.05) is 18.4 Å². The van der Waals surface area contributed by atoms with E-state index in [1.54, 1.807) is 23.9 Å². The van der Waals surface area contributed by atoms with Crippen molar-refractivity contribution in [2.75, 3.05) is 6.26 Å². The summed E-state index contributed by atoms with van der Waals surface area (Å²) in [6.07, 6.45) is 0.945. The van der Waals surface area contributed by atoms with Crippen LogP contribution in [0.1, 0.15) is 17.2 Å². The minimum Gasteiger partial charge on any atom is -0.384 e. The minimum atomic E-state index is -1.03. The Morgan fingerprint density at radius 2 is 1.89 bits per heavy atom. The summed E-state index contributed by atoms with van der Waals surface area (Å²) >= 11 is 10.7. The number of hydrogen-bond acceptors (Lipinski definition) is 2. The van der Waals surface area contributed by atoms with Crippen LogP contribution in [0.5, 0.6) is 0 Å². The average molecular weight is 362 g/mol. The zero-order chi connectivity index (χ0) is 14.0. The quantitative estimate of drug-likeness (QED) is 0.610. The van der Waals surface area contributed by atoms with Crippen molar-refractivity contribution in [2.45, 2.75) is 11.0 Å². The lowest BCUT2D eigenvalue weighted by atomic mass is 10.0. The third-order valence-corrected chi connectivity index (χ3v) is 4.71. The van der Waals surface area contributed by atoms with Gasteiger partial charge in [0.2, 0.25) is 0 Å². The van der Waals surface area contributed by atoms with E-state index in [0.29, 0.717) is 15.1 Å². The van der Waals surface area contributed by atoms with Gasteiger partial charge in [0.1, 0.15) is 11.9 Å². The van der Waals surface area contributed by atoms with Crippen molar-refractivity contribution in [2.24, 2.45) is 0 Å². The van der Waals surface area contributed by atoms with E-state index < -0.39 is 11.9 Å². The predicted octanol–water partition coefficient (Wildman–Crippen LogP) is 5.05. The van der Waals surface area contributed by atoms with Gasteiger partial charge in [0.15, 0.2) is 0 Å². The lowest BCUT2D eigenvalue weighted by Crippen LogP contribution is -2.02. The van der Waals surface area contributed by atoms with E-state index in [4.69, 9.17) is 11.6 Å². The number of hydrogen-bond donors (Lipinski definition) is 1. The van der Waals surface area contributed by atoms with Crippen LogP contribution in [-0.4, -0.2) is 11.4 Å². The fourth-order valence-corrected chi connectivity index (χ4v) is 2.61. The maximum Gasteiger partial charge on any atom is 0.130 e. The maximum absolute atomic E-state index is 13.9. The number of thioether (sulfide) groups is 1. The van der Waals surface area contributed by atoms with Crippen molar-refractivity contribution in [1.82, 2.24) is 0 Å². The van der Waals surface area contributed by atoms with Crippen molar-refractivity contribution in [3.05, 3.63) is 62.8 Å². The highest BCUT2D eigenvalue weighted by molar-refractivity contribution is 9.10. The fraction of sp³-hybridized carbons (Fsp3) is 0.143. The zero-order valence-corrected chi connectivity index (χ0v) is 13.2. The Labute approximate surface area is 128 Å². The molecule has 1 unspecified atom stereocenters. The second-order valence-corrected chi connectivity index (χ2v) is 6.10. The number of halogens is 3. The number of aliphatic hydroxyl groups is 1. The smallest absolute Gasteiger partial charge is 0.130 e. The van der Waals surface area contributed by atoms with Crippen LogP contribution in [0.2, 0.25) is 5.02 Å². The van der Waals surface area contributed by atoms with Gasteiger partial charge < -0.3 is 5.11 Å². The lowest BCUT2D eigenvalue weighted by Gasteiger charge is -2.14. The zero-order valence-electron chi connectivity index (χ0n) is 10.0. The molecular weight excluding hydrogens is 351 g/mol. The largest absolute Gasteiger partial charge is 0.384 e. The standard InChI is InChI=1S/C14H11BrClFOS/c1-19-9-4-2-8(3-5-9)14(18)10-6-12(16)11(15)7-13(10)17/h2-7,14,18H,1H3. The summed E-state index contributed by atoms with van der Waals surface area (Å²) in [4.78, 5) is 1.09. The lowest BCUT2D eigenvalue weighted by molar-refractivity contribution is 0.215. The van der Waals surface area contributed by atoms with E-state index in [2.05, 4.69) is 15.9 Å². The molecular formula is C14H11BrClFOS. The van der Waals surface area contributed by atoms with E-state index in [-0.39, 0.29) is 5.56 Å². The van der Waals surface area contributed by atoms with Crippen molar-refractivity contribution in [3.8, 4) is 0 Å². The Bertz CT molecular complexity index is 589. The van der Waals surface area contributed by atoms with Crippen LogP contribution in [0.4, 0.5) is 4.39 Å². The molecule has 1 nitrogen and oxygen atoms in total. The van der Waals surface area contributed by atoms with Crippen LogP contribution in [0.15, 0.2) is 45.8 Å². The second kappa shape index (κ2) is 6.27. The van der Waals surface area contributed by atoms with Gasteiger partial charge >= 0.3 is 0 Å². The van der Waals surface area contributed by atoms with Crippen LogP contribution < -0.4 is 0 Å². The monoisotopic (exact) mass is 360 g/mol. The first-order chi connectivity index (χ1) is 9.02. The van der Waals surface area contributed by atoms with E-state index in [0.717, 1.165) is 4.90 Å². The molecule has 19 heavy (non-hydrogen) atoms. The molecule has 2 aromatic rings. The Balaban J connectivity index is 2.37. The molecule has 5 heteroatoms. The molecule has 0 saturated carbocycles. The normalized spacial score (nSPS) is 12.5. The number of benzene rings is 2. The van der Waals surface area contributed by atoms with Gasteiger partial charge in [-0.15, -0.1) is 11.8 Å². The van der Waals surface area contributed by atoms with Crippen molar-refractivity contribution < 1.29 is 9.50 Å². The Kier molecular flexibility index (Phi) is 4.90. The van der Waals surface area contributed by atoms with Gasteiger partial charge in [0, 0.05) is 14.9 Å². The highest BCUT2D eigenvalue weighted by Crippen LogP contribution is 2.32. The first-order valence-electron chi connectivity index (χ1n) is 5.49. The topological polar surface area (TPSA) is 20.2 Å². The van der Waals surface area contributed by atoms with Gasteiger partial charge in [-0.05, 0) is 52.0 Å². The molecule has 0 radical (unpaired) electrons. The molecule has 100 valence electrons. The maximum atomic E-state index is 13.9. The third kappa shape index (κ3) is 3.31. The molecule has 2 aromatic carbocycles. The van der Waals surface area contributed by atoms with Crippen LogP contribution in [0.25, 0.3) is 0 Å². The molecule has 2 rings (SSSR count). The molecule has 0 aliphatic heterocycles. The average Bonchev–Trinajstić information content (AvgIpc) is 2.42. The molecule has 0 bridgehead atoms. The summed E-state index contributed by atoms with van der Waals surface area (Å²) in [6, 6.07) is 10.0. The SMILES string of the molecule is CSc1ccc(C(O)c2cc(Cl)c(Br)cc2F)cc1. The summed E-state index contributed by atoms with van der Waals surface area (Å²) in [5.74, 6) is -0.488. The second-order valence-electron chi connectivity index (χ2n) is 3.96. The molecule has 0 aliphatic rings. The van der Waals surface area contributed by atoms with Crippen LogP contribution in [0.3, 0.4) is 0 Å². The van der Waals surface area contributed by atoms with Crippen LogP contribution >= 0.6 is 39.3 Å². The fourth-order valence-electron chi connectivity index (χ4n) is 1.71. The molecule has 0 aliphatic carbocycles. The molecule has 0 aromatic heterocycles. The van der Waals surface area contributed by atoms with Gasteiger partial charge in [-0.2, -0.15) is 0 Å². The molecule has 0 fully saturated rings. The van der Waals surface area contributed by atoms with E-state index >= 15 is 0 Å². The Hall–Kier alpha value is -0.550. The van der Waals surface area contributed by atoms with E-state index in [1.165, 1.54) is 12.1 Å². The first-order valence-corrected chi connectivity index (χ1v) is 7.89. The predicted molar refractivity (Wildman–Crippen MR) is 81.4 cm³/mol. The summed E-state index contributed by atoms with van der Waals surface area (Å²) < 4.78 is 14.3. The molecule has 0 spiro atoms. The highest BCUT2D eigenvalue weighted by atomic mass is 79.9. The summed E-state index contributed by atoms with van der Waals surface area (Å²) in [6.45, 7) is 0. The van der Waals surface area contributed by atoms with Crippen LogP contribution in [-0.2, 0) is 0 Å². The van der Waals surface area contributed by atoms with Gasteiger partial charge in [0.05, 0.1) is 5.02 Å². The van der Waals surface area contributed by atoms with Gasteiger partial charge in [-0.25, -0.2) is 4.39 Å². The molecule has 1 N–H and O–H groups in total. The highest BCUT2D eigenvalue weighted by Gasteiger charge is 2.17. The van der Waals surface area contributed by atoms with Crippen molar-refractivity contribution in [1.29, 1.82) is 0 Å². The van der Waals surface area contributed by atoms with Crippen molar-refractivity contribution in [3.63, 3.8) is 0 Å². The minimum absolute atomic E-state index is 0.171. The first kappa shape index (κ1) is 14.9. The summed E-state index contributed by atoms with van der Waals surface area (Å²) in [5, 5.41) is 10.6. The molecule has 0 amide bonds. The van der Waals surface area contributed by atoms with E-state index in [9.17, 15) is 9.50 Å². The Morgan fingerprint density at radius 3 is 2.47 bits per heavy atom. The molecule has 0 saturated heterocycles. The number of aliphatic hydroxyl groups excluding tert-OH is 1. The van der Waals surface area contributed by atoms with Gasteiger partial charge in [0.25, 0.3) is 0 Å². The molecule has 1 atom stereocenters. The van der Waals surface area contributed by atoms with Gasteiger partial charge in [-0.1, -0.05) is 23.7 Å². The third-order valence-electron chi connectivity index (χ3n) is 2.77. The van der Waals surface area contributed by atoms with Crippen molar-refractivity contribution >= 4 is 39.3 Å². The number of rotatable bonds is 3.